The van der Waals surface area contributed by atoms with E-state index in [1.807, 2.05) is 25.1 Å². The fraction of sp³-hybridized carbons (Fsp3) is 0.300. The number of carbonyl (C=O) groups is 1. The number of aromatic amines is 1. The molecule has 2 aromatic heterocycles. The van der Waals surface area contributed by atoms with Crippen LogP contribution in [-0.2, 0) is 19.0 Å². The van der Waals surface area contributed by atoms with E-state index in [0.717, 1.165) is 17.3 Å². The number of H-pyrrole nitrogens is 1. The van der Waals surface area contributed by atoms with E-state index >= 15 is 0 Å². The van der Waals surface area contributed by atoms with Gasteiger partial charge in [-0.25, -0.2) is 4.98 Å². The standard InChI is InChI=1S/C30H32F3N7O2/c1-2-42-29-25(7-4-12-35-29)37-27-19-23(38-39-27)9-8-20-5-3-6-21(17-20)28(41)36-22-10-11-26(24(18-22)30(31,32)33)40-15-13-34-14-16-40/h3-7,10-12,17-19,34H,2,8-9,13-16H2,1H3,(H,36,41)(H2,37,38,39). The molecule has 42 heavy (non-hydrogen) atoms. The third-order valence-corrected chi connectivity index (χ3v) is 6.84. The van der Waals surface area contributed by atoms with Crippen molar-refractivity contribution in [1.29, 1.82) is 0 Å². The quantitative estimate of drug-likeness (QED) is 0.199. The molecule has 0 bridgehead atoms. The number of nitrogens with one attached hydrogen (secondary N) is 4. The van der Waals surface area contributed by atoms with Crippen LogP contribution in [0, 0.1) is 0 Å². The molecule has 0 saturated carbocycles. The number of rotatable bonds is 10. The van der Waals surface area contributed by atoms with E-state index in [1.165, 1.54) is 12.1 Å². The molecule has 0 atom stereocenters. The summed E-state index contributed by atoms with van der Waals surface area (Å²) in [5.41, 5.74) is 2.31. The summed E-state index contributed by atoms with van der Waals surface area (Å²) in [5.74, 6) is 0.632. The van der Waals surface area contributed by atoms with Gasteiger partial charge in [-0.15, -0.1) is 0 Å². The average Bonchev–Trinajstić information content (AvgIpc) is 3.44. The molecule has 12 heteroatoms. The Kier molecular flexibility index (Phi) is 8.91. The smallest absolute Gasteiger partial charge is 0.418 e. The lowest BCUT2D eigenvalue weighted by Gasteiger charge is -2.31. The van der Waals surface area contributed by atoms with E-state index in [-0.39, 0.29) is 11.4 Å². The topological polar surface area (TPSA) is 107 Å². The van der Waals surface area contributed by atoms with Crippen LogP contribution in [-0.4, -0.2) is 53.9 Å². The summed E-state index contributed by atoms with van der Waals surface area (Å²) in [4.78, 5) is 18.9. The van der Waals surface area contributed by atoms with Crippen molar-refractivity contribution in [2.75, 3.05) is 48.3 Å². The molecule has 1 fully saturated rings. The first-order valence-corrected chi connectivity index (χ1v) is 13.8. The van der Waals surface area contributed by atoms with Crippen molar-refractivity contribution in [1.82, 2.24) is 20.5 Å². The number of ether oxygens (including phenoxy) is 1. The van der Waals surface area contributed by atoms with Crippen LogP contribution in [0.5, 0.6) is 5.88 Å². The third kappa shape index (κ3) is 7.19. The molecule has 4 aromatic rings. The normalized spacial score (nSPS) is 13.6. The van der Waals surface area contributed by atoms with Gasteiger partial charge in [0.15, 0.2) is 5.82 Å². The minimum absolute atomic E-state index is 0.0928. The van der Waals surface area contributed by atoms with E-state index in [1.54, 1.807) is 35.4 Å². The Morgan fingerprint density at radius 3 is 2.67 bits per heavy atom. The van der Waals surface area contributed by atoms with Crippen molar-refractivity contribution in [2.24, 2.45) is 0 Å². The van der Waals surface area contributed by atoms with Gasteiger partial charge in [0.1, 0.15) is 5.69 Å². The van der Waals surface area contributed by atoms with Gasteiger partial charge in [0.2, 0.25) is 5.88 Å². The highest BCUT2D eigenvalue weighted by Gasteiger charge is 2.35. The molecule has 0 aliphatic carbocycles. The fourth-order valence-electron chi connectivity index (χ4n) is 4.80. The van der Waals surface area contributed by atoms with Crippen molar-refractivity contribution >= 4 is 28.8 Å². The molecule has 1 aliphatic rings. The van der Waals surface area contributed by atoms with Gasteiger partial charge in [-0.05, 0) is 67.8 Å². The zero-order valence-electron chi connectivity index (χ0n) is 23.1. The zero-order chi connectivity index (χ0) is 29.5. The molecule has 5 rings (SSSR count). The summed E-state index contributed by atoms with van der Waals surface area (Å²) in [6.45, 7) is 4.58. The molecule has 2 aromatic carbocycles. The fourth-order valence-corrected chi connectivity index (χ4v) is 4.80. The van der Waals surface area contributed by atoms with Crippen molar-refractivity contribution in [3.8, 4) is 5.88 Å². The number of pyridine rings is 1. The van der Waals surface area contributed by atoms with Gasteiger partial charge in [0, 0.05) is 61.1 Å². The van der Waals surface area contributed by atoms with Crippen LogP contribution in [0.4, 0.5) is 36.1 Å². The molecular formula is C30H32F3N7O2. The van der Waals surface area contributed by atoms with Crippen LogP contribution >= 0.6 is 0 Å². The number of halogens is 3. The predicted molar refractivity (Wildman–Crippen MR) is 156 cm³/mol. The second-order valence-corrected chi connectivity index (χ2v) is 9.81. The molecule has 9 nitrogen and oxygen atoms in total. The molecule has 1 amide bonds. The highest BCUT2D eigenvalue weighted by molar-refractivity contribution is 6.04. The summed E-state index contributed by atoms with van der Waals surface area (Å²) in [7, 11) is 0. The summed E-state index contributed by atoms with van der Waals surface area (Å²) < 4.78 is 47.3. The number of anilines is 4. The Morgan fingerprint density at radius 2 is 1.88 bits per heavy atom. The summed E-state index contributed by atoms with van der Waals surface area (Å²) in [5, 5.41) is 16.3. The Labute approximate surface area is 241 Å². The van der Waals surface area contributed by atoms with Crippen molar-refractivity contribution < 1.29 is 22.7 Å². The van der Waals surface area contributed by atoms with Crippen LogP contribution in [0.15, 0.2) is 66.9 Å². The molecular weight excluding hydrogens is 547 g/mol. The maximum absolute atomic E-state index is 13.9. The lowest BCUT2D eigenvalue weighted by Crippen LogP contribution is -2.44. The highest BCUT2D eigenvalue weighted by atomic mass is 19.4. The Bertz CT molecular complexity index is 1520. The first kappa shape index (κ1) is 28.9. The maximum atomic E-state index is 13.9. The molecule has 0 spiro atoms. The van der Waals surface area contributed by atoms with E-state index in [0.29, 0.717) is 68.6 Å². The van der Waals surface area contributed by atoms with Gasteiger partial charge in [-0.3, -0.25) is 9.89 Å². The van der Waals surface area contributed by atoms with Crippen LogP contribution in [0.1, 0.15) is 34.1 Å². The number of nitrogens with zero attached hydrogens (tertiary/aromatic N) is 3. The molecule has 220 valence electrons. The van der Waals surface area contributed by atoms with Gasteiger partial charge in [-0.1, -0.05) is 12.1 Å². The minimum atomic E-state index is -4.55. The first-order valence-electron chi connectivity index (χ1n) is 13.8. The van der Waals surface area contributed by atoms with Crippen molar-refractivity contribution in [3.05, 3.63) is 89.2 Å². The predicted octanol–water partition coefficient (Wildman–Crippen LogP) is 5.41. The number of carbonyl (C=O) groups excluding carboxylic acids is 1. The number of aromatic nitrogens is 3. The molecule has 0 radical (unpaired) electrons. The van der Waals surface area contributed by atoms with Gasteiger partial charge >= 0.3 is 6.18 Å². The second kappa shape index (κ2) is 12.9. The molecule has 0 unspecified atom stereocenters. The van der Waals surface area contributed by atoms with Crippen LogP contribution < -0.4 is 25.6 Å². The maximum Gasteiger partial charge on any atom is 0.418 e. The minimum Gasteiger partial charge on any atom is -0.476 e. The monoisotopic (exact) mass is 579 g/mol. The van der Waals surface area contributed by atoms with Crippen molar-refractivity contribution in [3.63, 3.8) is 0 Å². The highest BCUT2D eigenvalue weighted by Crippen LogP contribution is 2.38. The van der Waals surface area contributed by atoms with Gasteiger partial charge in [0.25, 0.3) is 5.91 Å². The Hall–Kier alpha value is -4.58. The third-order valence-electron chi connectivity index (χ3n) is 6.84. The van der Waals surface area contributed by atoms with E-state index in [2.05, 4.69) is 31.1 Å². The summed E-state index contributed by atoms with van der Waals surface area (Å²) >= 11 is 0. The molecule has 1 saturated heterocycles. The number of amides is 1. The van der Waals surface area contributed by atoms with Crippen LogP contribution in [0.3, 0.4) is 0 Å². The van der Waals surface area contributed by atoms with E-state index in [4.69, 9.17) is 4.74 Å². The number of piperazine rings is 1. The largest absolute Gasteiger partial charge is 0.476 e. The number of hydrogen-bond donors (Lipinski definition) is 4. The zero-order valence-corrected chi connectivity index (χ0v) is 23.1. The lowest BCUT2D eigenvalue weighted by molar-refractivity contribution is -0.137. The van der Waals surface area contributed by atoms with Gasteiger partial charge < -0.3 is 25.6 Å². The summed E-state index contributed by atoms with van der Waals surface area (Å²) in [6, 6.07) is 16.5. The van der Waals surface area contributed by atoms with Crippen LogP contribution in [0.2, 0.25) is 0 Å². The summed E-state index contributed by atoms with van der Waals surface area (Å²) in [6.07, 6.45) is -1.64. The van der Waals surface area contributed by atoms with Crippen molar-refractivity contribution in [2.45, 2.75) is 25.9 Å². The lowest BCUT2D eigenvalue weighted by atomic mass is 10.0. The molecule has 4 N–H and O–H groups in total. The van der Waals surface area contributed by atoms with E-state index < -0.39 is 17.6 Å². The Balaban J connectivity index is 1.22. The number of alkyl halides is 3. The molecule has 3 heterocycles. The second-order valence-electron chi connectivity index (χ2n) is 9.81. The van der Waals surface area contributed by atoms with Gasteiger partial charge in [-0.2, -0.15) is 18.3 Å². The van der Waals surface area contributed by atoms with Gasteiger partial charge in [0.05, 0.1) is 12.2 Å². The Morgan fingerprint density at radius 1 is 1.05 bits per heavy atom. The van der Waals surface area contributed by atoms with E-state index in [9.17, 15) is 18.0 Å². The average molecular weight is 580 g/mol. The number of aryl methyl sites for hydroxylation is 2. The number of benzene rings is 2. The first-order chi connectivity index (χ1) is 20.3. The van der Waals surface area contributed by atoms with Crippen LogP contribution in [0.25, 0.3) is 0 Å². The molecule has 1 aliphatic heterocycles. The SMILES string of the molecule is CCOc1ncccc1Nc1cc(CCc2cccc(C(=O)Nc3ccc(N4CCNCC4)c(C(F)(F)F)c3)c2)[nH]n1. The number of hydrogen-bond acceptors (Lipinski definition) is 7.